The fourth-order valence-corrected chi connectivity index (χ4v) is 4.24. The maximum atomic E-state index is 14.0. The second kappa shape index (κ2) is 10.3. The van der Waals surface area contributed by atoms with Gasteiger partial charge in [-0.2, -0.15) is 0 Å². The Bertz CT molecular complexity index is 1150. The lowest BCUT2D eigenvalue weighted by Crippen LogP contribution is -2.32. The lowest BCUT2D eigenvalue weighted by atomic mass is 9.95. The van der Waals surface area contributed by atoms with E-state index >= 15 is 0 Å². The summed E-state index contributed by atoms with van der Waals surface area (Å²) in [6, 6.07) is 11.7. The number of likely N-dealkylation sites (tertiary alicyclic amines) is 1. The lowest BCUT2D eigenvalue weighted by Gasteiger charge is -2.21. The number of hydrogen-bond donors (Lipinski definition) is 1. The second-order valence-electron chi connectivity index (χ2n) is 8.36. The fourth-order valence-electron chi connectivity index (χ4n) is 4.24. The predicted octanol–water partition coefficient (Wildman–Crippen LogP) is 3.19. The number of benzene rings is 1. The van der Waals surface area contributed by atoms with Crippen LogP contribution in [-0.4, -0.2) is 44.8 Å². The van der Waals surface area contributed by atoms with Crippen molar-refractivity contribution in [1.29, 1.82) is 0 Å². The molecule has 1 fully saturated rings. The van der Waals surface area contributed by atoms with Crippen LogP contribution in [0.3, 0.4) is 0 Å². The van der Waals surface area contributed by atoms with Crippen LogP contribution in [0.5, 0.6) is 0 Å². The molecule has 0 bridgehead atoms. The Balaban J connectivity index is 1.39. The standard InChI is InChI=1S/C25H26FN5O2/c26-22-6-2-1-5-18(22)13-21-14-19(7-9-28-21)25(33)31-10-3-4-17(8-11-31)12-20-15-23(24(27)32)30-16-29-20/h1-2,5-7,9,14-17H,3-4,8,10-13H2,(H2,27,32). The van der Waals surface area contributed by atoms with E-state index in [0.29, 0.717) is 48.7 Å². The Morgan fingerprint density at radius 3 is 2.70 bits per heavy atom. The molecular weight excluding hydrogens is 421 g/mol. The number of amides is 2. The van der Waals surface area contributed by atoms with Gasteiger partial charge < -0.3 is 10.6 Å². The van der Waals surface area contributed by atoms with Crippen molar-refractivity contribution in [2.24, 2.45) is 11.7 Å². The van der Waals surface area contributed by atoms with Crippen LogP contribution in [0.2, 0.25) is 0 Å². The van der Waals surface area contributed by atoms with Crippen molar-refractivity contribution in [1.82, 2.24) is 19.9 Å². The monoisotopic (exact) mass is 447 g/mol. The van der Waals surface area contributed by atoms with Crippen LogP contribution in [0.25, 0.3) is 0 Å². The summed E-state index contributed by atoms with van der Waals surface area (Å²) in [5.41, 5.74) is 8.10. The topological polar surface area (TPSA) is 102 Å². The SMILES string of the molecule is NC(=O)c1cc(CC2CCCN(C(=O)c3ccnc(Cc4ccccc4F)c3)CC2)ncn1. The molecule has 2 N–H and O–H groups in total. The van der Waals surface area contributed by atoms with Crippen LogP contribution in [0.1, 0.15) is 57.1 Å². The van der Waals surface area contributed by atoms with Crippen LogP contribution >= 0.6 is 0 Å². The maximum absolute atomic E-state index is 14.0. The highest BCUT2D eigenvalue weighted by molar-refractivity contribution is 5.94. The Kier molecular flexibility index (Phi) is 7.02. The molecule has 33 heavy (non-hydrogen) atoms. The third-order valence-corrected chi connectivity index (χ3v) is 6.00. The molecular formula is C25H26FN5O2. The van der Waals surface area contributed by atoms with Crippen LogP contribution in [0, 0.1) is 11.7 Å². The van der Waals surface area contributed by atoms with Crippen molar-refractivity contribution in [2.45, 2.75) is 32.1 Å². The molecule has 2 aromatic heterocycles. The van der Waals surface area contributed by atoms with Gasteiger partial charge in [0, 0.05) is 42.7 Å². The van der Waals surface area contributed by atoms with Crippen molar-refractivity contribution in [3.8, 4) is 0 Å². The molecule has 2 amide bonds. The third-order valence-electron chi connectivity index (χ3n) is 6.00. The van der Waals surface area contributed by atoms with Gasteiger partial charge in [0.25, 0.3) is 11.8 Å². The average Bonchev–Trinajstić information content (AvgIpc) is 3.06. The van der Waals surface area contributed by atoms with E-state index in [4.69, 9.17) is 5.73 Å². The van der Waals surface area contributed by atoms with Gasteiger partial charge in [-0.15, -0.1) is 0 Å². The molecule has 1 atom stereocenters. The van der Waals surface area contributed by atoms with Crippen LogP contribution in [0.4, 0.5) is 4.39 Å². The number of pyridine rings is 1. The minimum absolute atomic E-state index is 0.0362. The summed E-state index contributed by atoms with van der Waals surface area (Å²) in [6.07, 6.45) is 6.72. The molecule has 4 rings (SSSR count). The summed E-state index contributed by atoms with van der Waals surface area (Å²) in [7, 11) is 0. The molecule has 1 saturated heterocycles. The van der Waals surface area contributed by atoms with Gasteiger partial charge in [0.15, 0.2) is 0 Å². The van der Waals surface area contributed by atoms with Crippen molar-refractivity contribution < 1.29 is 14.0 Å². The van der Waals surface area contributed by atoms with Crippen LogP contribution < -0.4 is 5.73 Å². The molecule has 7 nitrogen and oxygen atoms in total. The average molecular weight is 448 g/mol. The predicted molar refractivity (Wildman–Crippen MR) is 121 cm³/mol. The van der Waals surface area contributed by atoms with Gasteiger partial charge in [-0.1, -0.05) is 18.2 Å². The molecule has 0 radical (unpaired) electrons. The van der Waals surface area contributed by atoms with E-state index in [1.54, 1.807) is 42.6 Å². The van der Waals surface area contributed by atoms with Gasteiger partial charge >= 0.3 is 0 Å². The number of carbonyl (C=O) groups excluding carboxylic acids is 2. The number of aromatic nitrogens is 3. The minimum Gasteiger partial charge on any atom is -0.364 e. The summed E-state index contributed by atoms with van der Waals surface area (Å²) in [6.45, 7) is 1.32. The molecule has 1 aliphatic rings. The van der Waals surface area contributed by atoms with Gasteiger partial charge in [0.1, 0.15) is 17.8 Å². The Hall–Kier alpha value is -3.68. The Morgan fingerprint density at radius 1 is 1.03 bits per heavy atom. The van der Waals surface area contributed by atoms with E-state index in [-0.39, 0.29) is 17.4 Å². The molecule has 1 aliphatic heterocycles. The molecule has 170 valence electrons. The van der Waals surface area contributed by atoms with Gasteiger partial charge in [-0.25, -0.2) is 14.4 Å². The Labute approximate surface area is 191 Å². The molecule has 0 saturated carbocycles. The highest BCUT2D eigenvalue weighted by Crippen LogP contribution is 2.23. The molecule has 3 heterocycles. The first-order valence-corrected chi connectivity index (χ1v) is 11.1. The first-order valence-electron chi connectivity index (χ1n) is 11.1. The number of rotatable bonds is 6. The van der Waals surface area contributed by atoms with Gasteiger partial charge in [-0.05, 0) is 61.4 Å². The highest BCUT2D eigenvalue weighted by atomic mass is 19.1. The first-order chi connectivity index (χ1) is 16.0. The van der Waals surface area contributed by atoms with E-state index in [2.05, 4.69) is 15.0 Å². The lowest BCUT2D eigenvalue weighted by molar-refractivity contribution is 0.0759. The Morgan fingerprint density at radius 2 is 1.88 bits per heavy atom. The zero-order valence-corrected chi connectivity index (χ0v) is 18.3. The van der Waals surface area contributed by atoms with Crippen molar-refractivity contribution in [3.05, 3.63) is 89.0 Å². The zero-order valence-electron chi connectivity index (χ0n) is 18.3. The van der Waals surface area contributed by atoms with E-state index in [1.165, 1.54) is 12.4 Å². The minimum atomic E-state index is -0.567. The number of carbonyl (C=O) groups is 2. The summed E-state index contributed by atoms with van der Waals surface area (Å²) < 4.78 is 14.0. The van der Waals surface area contributed by atoms with Crippen molar-refractivity contribution in [3.63, 3.8) is 0 Å². The van der Waals surface area contributed by atoms with E-state index in [0.717, 1.165) is 25.0 Å². The summed E-state index contributed by atoms with van der Waals surface area (Å²) in [5, 5.41) is 0. The molecule has 0 spiro atoms. The van der Waals surface area contributed by atoms with Crippen molar-refractivity contribution in [2.75, 3.05) is 13.1 Å². The molecule has 0 aliphatic carbocycles. The van der Waals surface area contributed by atoms with Crippen molar-refractivity contribution >= 4 is 11.8 Å². The van der Waals surface area contributed by atoms with E-state index in [9.17, 15) is 14.0 Å². The highest BCUT2D eigenvalue weighted by Gasteiger charge is 2.23. The summed E-state index contributed by atoms with van der Waals surface area (Å²) in [5.74, 6) is -0.525. The first kappa shape index (κ1) is 22.5. The quantitative estimate of drug-likeness (QED) is 0.625. The van der Waals surface area contributed by atoms with Gasteiger partial charge in [0.05, 0.1) is 0 Å². The number of nitrogens with two attached hydrogens (primary N) is 1. The number of primary amides is 1. The smallest absolute Gasteiger partial charge is 0.267 e. The van der Waals surface area contributed by atoms with Crippen LogP contribution in [-0.2, 0) is 12.8 Å². The number of nitrogens with zero attached hydrogens (tertiary/aromatic N) is 4. The normalized spacial score (nSPS) is 16.3. The molecule has 8 heteroatoms. The number of halogens is 1. The molecule has 1 aromatic carbocycles. The second-order valence-corrected chi connectivity index (χ2v) is 8.36. The number of hydrogen-bond acceptors (Lipinski definition) is 5. The van der Waals surface area contributed by atoms with Gasteiger partial charge in [-0.3, -0.25) is 14.6 Å². The molecule has 3 aromatic rings. The van der Waals surface area contributed by atoms with E-state index in [1.807, 2.05) is 4.90 Å². The summed E-state index contributed by atoms with van der Waals surface area (Å²) in [4.78, 5) is 38.9. The summed E-state index contributed by atoms with van der Waals surface area (Å²) >= 11 is 0. The fraction of sp³-hybridized carbons (Fsp3) is 0.320. The molecule has 1 unspecified atom stereocenters. The van der Waals surface area contributed by atoms with Gasteiger partial charge in [0.2, 0.25) is 0 Å². The zero-order chi connectivity index (χ0) is 23.2. The largest absolute Gasteiger partial charge is 0.364 e. The van der Waals surface area contributed by atoms with E-state index < -0.39 is 5.91 Å². The maximum Gasteiger partial charge on any atom is 0.267 e. The van der Waals surface area contributed by atoms with Crippen LogP contribution in [0.15, 0.2) is 55.0 Å². The third kappa shape index (κ3) is 5.77.